The molecule has 1 aromatic rings. The number of carbonyl (C=O) groups is 1. The molecule has 3 heterocycles. The number of aliphatic hydroxyl groups is 1. The number of hydrogen-bond acceptors (Lipinski definition) is 5. The highest BCUT2D eigenvalue weighted by atomic mass is 32.1. The van der Waals surface area contributed by atoms with Crippen molar-refractivity contribution in [3.05, 3.63) is 10.8 Å². The van der Waals surface area contributed by atoms with Gasteiger partial charge in [-0.2, -0.15) is 4.37 Å². The molecule has 92 valence electrons. The Bertz CT molecular complexity index is 434. The number of piperidine rings is 1. The molecule has 2 aliphatic heterocycles. The van der Waals surface area contributed by atoms with Crippen molar-refractivity contribution in [3.8, 4) is 0 Å². The highest BCUT2D eigenvalue weighted by molar-refractivity contribution is 7.07. The normalized spacial score (nSPS) is 31.9. The summed E-state index contributed by atoms with van der Waals surface area (Å²) in [5, 5.41) is 10.2. The summed E-state index contributed by atoms with van der Waals surface area (Å²) in [7, 11) is 0. The second-order valence-corrected chi connectivity index (χ2v) is 5.62. The van der Waals surface area contributed by atoms with Crippen LogP contribution in [0.2, 0.25) is 0 Å². The quantitative estimate of drug-likeness (QED) is 0.810. The molecule has 0 saturated carbocycles. The Morgan fingerprint density at radius 2 is 2.06 bits per heavy atom. The molecule has 5 nitrogen and oxygen atoms in total. The Morgan fingerprint density at radius 3 is 2.59 bits per heavy atom. The van der Waals surface area contributed by atoms with Crippen LogP contribution >= 0.6 is 11.5 Å². The van der Waals surface area contributed by atoms with Crippen molar-refractivity contribution in [1.29, 1.82) is 0 Å². The van der Waals surface area contributed by atoms with Crippen LogP contribution in [-0.4, -0.2) is 43.5 Å². The third-order valence-corrected chi connectivity index (χ3v) is 4.45. The zero-order chi connectivity index (χ0) is 12.0. The van der Waals surface area contributed by atoms with Gasteiger partial charge >= 0.3 is 0 Å². The minimum atomic E-state index is -0.243. The fourth-order valence-corrected chi connectivity index (χ4v) is 3.59. The molecule has 0 radical (unpaired) electrons. The summed E-state index contributed by atoms with van der Waals surface area (Å²) < 4.78 is 4.05. The average Bonchev–Trinajstić information content (AvgIpc) is 2.81. The third-order valence-electron chi connectivity index (χ3n) is 3.65. The zero-order valence-electron chi connectivity index (χ0n) is 9.67. The van der Waals surface area contributed by atoms with E-state index in [-0.39, 0.29) is 24.1 Å². The molecule has 0 spiro atoms. The second-order valence-electron chi connectivity index (χ2n) is 4.87. The van der Waals surface area contributed by atoms with Crippen LogP contribution in [0.3, 0.4) is 0 Å². The smallest absolute Gasteiger partial charge is 0.284 e. The van der Waals surface area contributed by atoms with Crippen LogP contribution in [0.5, 0.6) is 0 Å². The van der Waals surface area contributed by atoms with Crippen molar-refractivity contribution in [1.82, 2.24) is 14.3 Å². The Balaban J connectivity index is 1.83. The largest absolute Gasteiger partial charge is 0.393 e. The van der Waals surface area contributed by atoms with E-state index in [1.807, 2.05) is 4.90 Å². The topological polar surface area (TPSA) is 66.3 Å². The Kier molecular flexibility index (Phi) is 2.63. The summed E-state index contributed by atoms with van der Waals surface area (Å²) in [5.41, 5.74) is 0. The van der Waals surface area contributed by atoms with E-state index in [1.165, 1.54) is 11.5 Å². The first kappa shape index (κ1) is 11.1. The Hall–Kier alpha value is -1.01. The number of carbonyl (C=O) groups excluding carboxylic acids is 1. The summed E-state index contributed by atoms with van der Waals surface area (Å²) in [6, 6.07) is 0.390. The Morgan fingerprint density at radius 1 is 1.41 bits per heavy atom. The summed E-state index contributed by atoms with van der Waals surface area (Å²) in [4.78, 5) is 18.4. The molecule has 2 saturated heterocycles. The Labute approximate surface area is 104 Å². The first-order chi connectivity index (χ1) is 8.15. The molecule has 3 atom stereocenters. The molecule has 1 unspecified atom stereocenters. The van der Waals surface area contributed by atoms with Gasteiger partial charge < -0.3 is 10.0 Å². The van der Waals surface area contributed by atoms with E-state index in [2.05, 4.69) is 9.36 Å². The molecule has 2 aliphatic rings. The molecule has 2 bridgehead atoms. The predicted molar refractivity (Wildman–Crippen MR) is 62.9 cm³/mol. The fourth-order valence-electron chi connectivity index (χ4n) is 2.97. The molecule has 6 heteroatoms. The van der Waals surface area contributed by atoms with E-state index < -0.39 is 0 Å². The molecule has 1 amide bonds. The van der Waals surface area contributed by atoms with Gasteiger partial charge in [-0.25, -0.2) is 4.98 Å². The van der Waals surface area contributed by atoms with E-state index >= 15 is 0 Å². The molecule has 1 N–H and O–H groups in total. The van der Waals surface area contributed by atoms with Crippen molar-refractivity contribution < 1.29 is 9.90 Å². The number of hydrogen-bond donors (Lipinski definition) is 1. The van der Waals surface area contributed by atoms with E-state index in [1.54, 1.807) is 6.92 Å². The van der Waals surface area contributed by atoms with Gasteiger partial charge in [-0.3, -0.25) is 4.79 Å². The van der Waals surface area contributed by atoms with Crippen LogP contribution in [0, 0.1) is 6.92 Å². The second kappa shape index (κ2) is 4.03. The SMILES string of the molecule is Cc1nsc(C(=O)N2[C@@H]3CC[C@H]2CC(O)C3)n1. The molecular weight excluding hydrogens is 238 g/mol. The van der Waals surface area contributed by atoms with Crippen LogP contribution in [0.4, 0.5) is 0 Å². The molecule has 1 aromatic heterocycles. The summed E-state index contributed by atoms with van der Waals surface area (Å²) in [6.45, 7) is 1.79. The maximum atomic E-state index is 12.3. The van der Waals surface area contributed by atoms with Crippen LogP contribution < -0.4 is 0 Å². The lowest BCUT2D eigenvalue weighted by molar-refractivity contribution is 0.0286. The first-order valence-electron chi connectivity index (χ1n) is 5.96. The predicted octanol–water partition coefficient (Wildman–Crippen LogP) is 0.974. The van der Waals surface area contributed by atoms with Gasteiger partial charge in [0.25, 0.3) is 5.91 Å². The number of aryl methyl sites for hydroxylation is 1. The van der Waals surface area contributed by atoms with Gasteiger partial charge in [-0.15, -0.1) is 0 Å². The van der Waals surface area contributed by atoms with Crippen molar-refractivity contribution in [2.75, 3.05) is 0 Å². The number of aliphatic hydroxyl groups excluding tert-OH is 1. The first-order valence-corrected chi connectivity index (χ1v) is 6.73. The third kappa shape index (κ3) is 1.85. The lowest BCUT2D eigenvalue weighted by Crippen LogP contribution is -2.48. The molecule has 0 aromatic carbocycles. The minimum Gasteiger partial charge on any atom is -0.393 e. The maximum absolute atomic E-state index is 12.3. The lowest BCUT2D eigenvalue weighted by Gasteiger charge is -2.36. The highest BCUT2D eigenvalue weighted by Crippen LogP contribution is 2.36. The van der Waals surface area contributed by atoms with E-state index in [0.29, 0.717) is 23.7 Å². The van der Waals surface area contributed by atoms with Crippen molar-refractivity contribution in [2.24, 2.45) is 0 Å². The van der Waals surface area contributed by atoms with Crippen molar-refractivity contribution in [2.45, 2.75) is 50.8 Å². The number of amides is 1. The van der Waals surface area contributed by atoms with Gasteiger partial charge in [-0.05, 0) is 44.1 Å². The van der Waals surface area contributed by atoms with Gasteiger partial charge in [0.05, 0.1) is 6.10 Å². The standard InChI is InChI=1S/C11H15N3O2S/c1-6-12-10(17-13-6)11(16)14-7-2-3-8(14)5-9(15)4-7/h7-9,15H,2-5H2,1H3/t7-,8+,9?. The number of fused-ring (bicyclic) bond motifs is 2. The van der Waals surface area contributed by atoms with Gasteiger partial charge in [-0.1, -0.05) is 0 Å². The minimum absolute atomic E-state index is 0.00463. The summed E-state index contributed by atoms with van der Waals surface area (Å²) in [6.07, 6.45) is 3.18. The summed E-state index contributed by atoms with van der Waals surface area (Å²) in [5.74, 6) is 0.651. The van der Waals surface area contributed by atoms with Crippen molar-refractivity contribution in [3.63, 3.8) is 0 Å². The van der Waals surface area contributed by atoms with Crippen LogP contribution in [0.25, 0.3) is 0 Å². The molecular formula is C11H15N3O2S. The molecule has 17 heavy (non-hydrogen) atoms. The van der Waals surface area contributed by atoms with Crippen LogP contribution in [0.1, 0.15) is 41.3 Å². The molecule has 0 aliphatic carbocycles. The van der Waals surface area contributed by atoms with Crippen LogP contribution in [-0.2, 0) is 0 Å². The van der Waals surface area contributed by atoms with Crippen molar-refractivity contribution >= 4 is 17.4 Å². The fraction of sp³-hybridized carbons (Fsp3) is 0.727. The molecule has 2 fully saturated rings. The lowest BCUT2D eigenvalue weighted by atomic mass is 10.00. The van der Waals surface area contributed by atoms with E-state index in [4.69, 9.17) is 0 Å². The van der Waals surface area contributed by atoms with Gasteiger partial charge in [0.15, 0.2) is 0 Å². The maximum Gasteiger partial charge on any atom is 0.284 e. The van der Waals surface area contributed by atoms with Gasteiger partial charge in [0.1, 0.15) is 5.82 Å². The average molecular weight is 253 g/mol. The number of rotatable bonds is 1. The number of nitrogens with zero attached hydrogens (tertiary/aromatic N) is 3. The van der Waals surface area contributed by atoms with E-state index in [9.17, 15) is 9.90 Å². The highest BCUT2D eigenvalue weighted by Gasteiger charge is 2.43. The monoisotopic (exact) mass is 253 g/mol. The van der Waals surface area contributed by atoms with Gasteiger partial charge in [0.2, 0.25) is 5.01 Å². The molecule has 3 rings (SSSR count). The summed E-state index contributed by atoms with van der Waals surface area (Å²) >= 11 is 1.17. The van der Waals surface area contributed by atoms with E-state index in [0.717, 1.165) is 12.8 Å². The zero-order valence-corrected chi connectivity index (χ0v) is 10.5. The van der Waals surface area contributed by atoms with Crippen LogP contribution in [0.15, 0.2) is 0 Å². The number of aromatic nitrogens is 2. The van der Waals surface area contributed by atoms with Gasteiger partial charge in [0, 0.05) is 12.1 Å².